The number of nitrogens with one attached hydrogen (secondary N) is 2. The van der Waals surface area contributed by atoms with Gasteiger partial charge in [0.05, 0.1) is 0 Å². The summed E-state index contributed by atoms with van der Waals surface area (Å²) in [5.74, 6) is -0.256. The molecule has 0 saturated carbocycles. The van der Waals surface area contributed by atoms with Gasteiger partial charge in [0.1, 0.15) is 11.6 Å². The number of ether oxygens (including phenoxy) is 1. The van der Waals surface area contributed by atoms with Crippen molar-refractivity contribution in [1.29, 1.82) is 0 Å². The largest absolute Gasteiger partial charge is 0.444 e. The highest BCUT2D eigenvalue weighted by Gasteiger charge is 2.26. The molecule has 2 N–H and O–H groups in total. The van der Waals surface area contributed by atoms with Crippen LogP contribution < -0.4 is 10.6 Å². The van der Waals surface area contributed by atoms with Gasteiger partial charge in [-0.15, -0.1) is 0 Å². The quantitative estimate of drug-likeness (QED) is 0.879. The van der Waals surface area contributed by atoms with Gasteiger partial charge in [0, 0.05) is 6.54 Å². The first-order valence-corrected chi connectivity index (χ1v) is 7.50. The fourth-order valence-corrected chi connectivity index (χ4v) is 1.86. The van der Waals surface area contributed by atoms with Crippen LogP contribution in [-0.2, 0) is 16.1 Å². The molecule has 0 unspecified atom stereocenters. The molecule has 122 valence electrons. The highest BCUT2D eigenvalue weighted by molar-refractivity contribution is 5.85. The number of benzene rings is 1. The highest BCUT2D eigenvalue weighted by Crippen LogP contribution is 2.09. The molecular weight excluding hydrogens is 280 g/mol. The lowest BCUT2D eigenvalue weighted by Gasteiger charge is -2.25. The molecule has 2 amide bonds. The number of hydrogen-bond acceptors (Lipinski definition) is 3. The molecule has 0 fully saturated rings. The molecule has 0 aliphatic heterocycles. The number of carbonyl (C=O) groups is 2. The average Bonchev–Trinajstić information content (AvgIpc) is 2.41. The molecule has 0 bridgehead atoms. The Kier molecular flexibility index (Phi) is 6.40. The van der Waals surface area contributed by atoms with E-state index < -0.39 is 17.7 Å². The van der Waals surface area contributed by atoms with Crippen molar-refractivity contribution in [3.63, 3.8) is 0 Å². The fraction of sp³-hybridized carbons (Fsp3) is 0.529. The zero-order chi connectivity index (χ0) is 16.8. The van der Waals surface area contributed by atoms with Gasteiger partial charge in [-0.25, -0.2) is 4.79 Å². The van der Waals surface area contributed by atoms with Crippen LogP contribution in [0, 0.1) is 5.92 Å². The third kappa shape index (κ3) is 6.61. The van der Waals surface area contributed by atoms with Gasteiger partial charge < -0.3 is 15.4 Å². The van der Waals surface area contributed by atoms with Gasteiger partial charge in [0.25, 0.3) is 0 Å². The van der Waals surface area contributed by atoms with Crippen molar-refractivity contribution >= 4 is 12.0 Å². The Labute approximate surface area is 132 Å². The van der Waals surface area contributed by atoms with E-state index in [-0.39, 0.29) is 11.8 Å². The van der Waals surface area contributed by atoms with Crippen molar-refractivity contribution in [1.82, 2.24) is 10.6 Å². The molecule has 1 aromatic rings. The second kappa shape index (κ2) is 7.82. The predicted octanol–water partition coefficient (Wildman–Crippen LogP) is 2.85. The van der Waals surface area contributed by atoms with Crippen LogP contribution in [0.3, 0.4) is 0 Å². The average molecular weight is 306 g/mol. The van der Waals surface area contributed by atoms with E-state index in [0.717, 1.165) is 5.56 Å². The smallest absolute Gasteiger partial charge is 0.408 e. The van der Waals surface area contributed by atoms with Gasteiger partial charge >= 0.3 is 6.09 Å². The van der Waals surface area contributed by atoms with Crippen LogP contribution in [0.1, 0.15) is 40.2 Å². The van der Waals surface area contributed by atoms with E-state index in [1.165, 1.54) is 0 Å². The molecule has 5 heteroatoms. The lowest BCUT2D eigenvalue weighted by atomic mass is 10.0. The summed E-state index contributed by atoms with van der Waals surface area (Å²) in [5.41, 5.74) is 0.419. The number of alkyl carbamates (subject to hydrolysis) is 1. The summed E-state index contributed by atoms with van der Waals surface area (Å²) in [5, 5.41) is 5.48. The summed E-state index contributed by atoms with van der Waals surface area (Å²) in [6.45, 7) is 9.54. The maximum Gasteiger partial charge on any atom is 0.408 e. The fourth-order valence-electron chi connectivity index (χ4n) is 1.86. The summed E-state index contributed by atoms with van der Waals surface area (Å²) in [4.78, 5) is 24.1. The minimum Gasteiger partial charge on any atom is -0.444 e. The molecule has 5 nitrogen and oxygen atoms in total. The number of amides is 2. The molecule has 0 spiro atoms. The Morgan fingerprint density at radius 1 is 1.14 bits per heavy atom. The zero-order valence-electron chi connectivity index (χ0n) is 14.0. The van der Waals surface area contributed by atoms with E-state index in [0.29, 0.717) is 6.54 Å². The first-order valence-electron chi connectivity index (χ1n) is 7.50. The Balaban J connectivity index is 2.58. The molecule has 1 aromatic carbocycles. The maximum atomic E-state index is 12.3. The first kappa shape index (κ1) is 18.0. The van der Waals surface area contributed by atoms with Gasteiger partial charge in [-0.2, -0.15) is 0 Å². The van der Waals surface area contributed by atoms with Crippen molar-refractivity contribution in [3.05, 3.63) is 35.9 Å². The minimum absolute atomic E-state index is 0.0386. The molecule has 1 atom stereocenters. The normalized spacial score (nSPS) is 12.6. The Bertz CT molecular complexity index is 492. The van der Waals surface area contributed by atoms with Crippen LogP contribution in [0.2, 0.25) is 0 Å². The molecule has 0 aliphatic carbocycles. The minimum atomic E-state index is -0.626. The monoisotopic (exact) mass is 306 g/mol. The van der Waals surface area contributed by atoms with E-state index in [2.05, 4.69) is 10.6 Å². The molecule has 0 aliphatic rings. The summed E-state index contributed by atoms with van der Waals surface area (Å²) in [7, 11) is 0. The van der Waals surface area contributed by atoms with Crippen molar-refractivity contribution in [2.75, 3.05) is 0 Å². The van der Waals surface area contributed by atoms with Crippen LogP contribution in [-0.4, -0.2) is 23.6 Å². The van der Waals surface area contributed by atoms with Crippen LogP contribution >= 0.6 is 0 Å². The SMILES string of the molecule is CC(C)[C@@H](NC(=O)OC(C)(C)C)C(=O)NCc1ccccc1. The molecule has 0 heterocycles. The van der Waals surface area contributed by atoms with Crippen LogP contribution in [0.4, 0.5) is 4.79 Å². The lowest BCUT2D eigenvalue weighted by molar-refractivity contribution is -0.124. The van der Waals surface area contributed by atoms with E-state index >= 15 is 0 Å². The van der Waals surface area contributed by atoms with Crippen LogP contribution in [0.5, 0.6) is 0 Å². The van der Waals surface area contributed by atoms with Crippen molar-refractivity contribution < 1.29 is 14.3 Å². The Morgan fingerprint density at radius 2 is 1.73 bits per heavy atom. The number of hydrogen-bond donors (Lipinski definition) is 2. The molecule has 1 rings (SSSR count). The van der Waals surface area contributed by atoms with Crippen molar-refractivity contribution in [3.8, 4) is 0 Å². The second-order valence-electron chi connectivity index (χ2n) is 6.57. The molecule has 0 saturated heterocycles. The van der Waals surface area contributed by atoms with Crippen LogP contribution in [0.15, 0.2) is 30.3 Å². The summed E-state index contributed by atoms with van der Waals surface area (Å²) in [6.07, 6.45) is -0.582. The van der Waals surface area contributed by atoms with Crippen molar-refractivity contribution in [2.45, 2.75) is 52.8 Å². The van der Waals surface area contributed by atoms with E-state index in [1.807, 2.05) is 44.2 Å². The Morgan fingerprint density at radius 3 is 2.23 bits per heavy atom. The van der Waals surface area contributed by atoms with Gasteiger partial charge in [-0.3, -0.25) is 4.79 Å². The van der Waals surface area contributed by atoms with E-state index in [9.17, 15) is 9.59 Å². The Hall–Kier alpha value is -2.04. The number of rotatable bonds is 5. The van der Waals surface area contributed by atoms with Gasteiger partial charge in [-0.05, 0) is 32.3 Å². The first-order chi connectivity index (χ1) is 10.2. The van der Waals surface area contributed by atoms with Gasteiger partial charge in [0.15, 0.2) is 0 Å². The molecule has 22 heavy (non-hydrogen) atoms. The third-order valence-electron chi connectivity index (χ3n) is 2.93. The number of carbonyl (C=O) groups excluding carboxylic acids is 2. The lowest BCUT2D eigenvalue weighted by Crippen LogP contribution is -2.50. The van der Waals surface area contributed by atoms with Crippen molar-refractivity contribution in [2.24, 2.45) is 5.92 Å². The summed E-state index contributed by atoms with van der Waals surface area (Å²) < 4.78 is 5.20. The maximum absolute atomic E-state index is 12.3. The molecule has 0 radical (unpaired) electrons. The molecule has 0 aromatic heterocycles. The molecular formula is C17H26N2O3. The van der Waals surface area contributed by atoms with Gasteiger partial charge in [0.2, 0.25) is 5.91 Å². The van der Waals surface area contributed by atoms with E-state index in [4.69, 9.17) is 4.74 Å². The van der Waals surface area contributed by atoms with E-state index in [1.54, 1.807) is 20.8 Å². The third-order valence-corrected chi connectivity index (χ3v) is 2.93. The van der Waals surface area contributed by atoms with Crippen LogP contribution in [0.25, 0.3) is 0 Å². The van der Waals surface area contributed by atoms with Gasteiger partial charge in [-0.1, -0.05) is 44.2 Å². The second-order valence-corrected chi connectivity index (χ2v) is 6.57. The predicted molar refractivity (Wildman–Crippen MR) is 86.3 cm³/mol. The zero-order valence-corrected chi connectivity index (χ0v) is 14.0. The highest BCUT2D eigenvalue weighted by atomic mass is 16.6. The summed E-state index contributed by atoms with van der Waals surface area (Å²) in [6, 6.07) is 9.00. The topological polar surface area (TPSA) is 67.4 Å². The summed E-state index contributed by atoms with van der Waals surface area (Å²) >= 11 is 0. The standard InChI is InChI=1S/C17H26N2O3/c1-12(2)14(19-16(21)22-17(3,4)5)15(20)18-11-13-9-7-6-8-10-13/h6-10,12,14H,11H2,1-5H3,(H,18,20)(H,19,21)/t14-/m1/s1.